The topological polar surface area (TPSA) is 0 Å². The van der Waals surface area contributed by atoms with E-state index in [2.05, 4.69) is 26.8 Å². The van der Waals surface area contributed by atoms with E-state index in [-0.39, 0.29) is 53.8 Å². The second-order valence-electron chi connectivity index (χ2n) is 2.45. The molecule has 0 aliphatic heterocycles. The zero-order valence-corrected chi connectivity index (χ0v) is 14.3. The van der Waals surface area contributed by atoms with Crippen LogP contribution in [-0.2, 0) is 53.8 Å². The summed E-state index contributed by atoms with van der Waals surface area (Å²) in [6.45, 7) is 10.9. The van der Waals surface area contributed by atoms with Crippen molar-refractivity contribution in [3.05, 3.63) is 56.7 Å². The van der Waals surface area contributed by atoms with E-state index in [0.29, 0.717) is 0 Å². The van der Waals surface area contributed by atoms with E-state index < -0.39 is 0 Å². The Balaban J connectivity index is -0.000000159. The number of hydrogen-bond acceptors (Lipinski definition) is 0. The molecular weight excluding hydrogens is 417 g/mol. The summed E-state index contributed by atoms with van der Waals surface area (Å²) in [7, 11) is 0. The van der Waals surface area contributed by atoms with Gasteiger partial charge in [0.1, 0.15) is 0 Å². The van der Waals surface area contributed by atoms with Gasteiger partial charge in [0.2, 0.25) is 0 Å². The molecule has 0 atom stereocenters. The molecule has 0 nitrogen and oxygen atoms in total. The van der Waals surface area contributed by atoms with E-state index in [0.717, 1.165) is 18.4 Å². The average molecular weight is 433 g/mol. The Bertz CT molecular complexity index is 173. The number of rotatable bonds is 2. The van der Waals surface area contributed by atoms with Crippen LogP contribution >= 0.6 is 0 Å². The second-order valence-corrected chi connectivity index (χ2v) is 2.45. The van der Waals surface area contributed by atoms with Crippen LogP contribution in [0.3, 0.4) is 0 Å². The fourth-order valence-electron chi connectivity index (χ4n) is 0.607. The van der Waals surface area contributed by atoms with Crippen molar-refractivity contribution < 1.29 is 53.8 Å². The van der Waals surface area contributed by atoms with Gasteiger partial charge in [0, 0.05) is 32.7 Å². The van der Waals surface area contributed by atoms with Crippen LogP contribution in [0.5, 0.6) is 0 Å². The molecule has 1 rings (SSSR count). The maximum atomic E-state index is 3.66. The Morgan fingerprint density at radius 3 is 1.86 bits per heavy atom. The Morgan fingerprint density at radius 2 is 1.71 bits per heavy atom. The zero-order valence-electron chi connectivity index (χ0n) is 8.54. The van der Waals surface area contributed by atoms with Crippen molar-refractivity contribution in [2.24, 2.45) is 0 Å². The molecule has 0 saturated heterocycles. The maximum Gasteiger partial charge on any atom is 2.00 e. The van der Waals surface area contributed by atoms with Crippen LogP contribution in [0.15, 0.2) is 24.3 Å². The van der Waals surface area contributed by atoms with Gasteiger partial charge in [0.25, 0.3) is 0 Å². The van der Waals surface area contributed by atoms with E-state index >= 15 is 0 Å². The van der Waals surface area contributed by atoms with Gasteiger partial charge < -0.3 is 32.4 Å². The Labute approximate surface area is 128 Å². The van der Waals surface area contributed by atoms with E-state index in [1.54, 1.807) is 0 Å². The van der Waals surface area contributed by atoms with E-state index in [1.807, 2.05) is 24.3 Å². The first-order valence-corrected chi connectivity index (χ1v) is 4.18. The fraction of sp³-hybridized carbons (Fsp3) is 0.250. The van der Waals surface area contributed by atoms with Gasteiger partial charge in [-0.2, -0.15) is 25.0 Å². The van der Waals surface area contributed by atoms with Crippen molar-refractivity contribution in [3.8, 4) is 0 Å². The van der Waals surface area contributed by atoms with Crippen LogP contribution in [0.1, 0.15) is 24.8 Å². The van der Waals surface area contributed by atoms with Crippen LogP contribution in [0, 0.1) is 26.8 Å². The molecule has 0 fully saturated rings. The molecule has 75 valence electrons. The molecule has 0 amide bonds. The van der Waals surface area contributed by atoms with Crippen LogP contribution in [-0.4, -0.2) is 0 Å². The standard InChI is InChI=1S/C7H6.C5H10.W.Y/c1-7-5-3-2-4-6-7;1-3-5-4-2;;/h2-5H,1H2;1-5H2;;/q2*-2;+2;. The van der Waals surface area contributed by atoms with Gasteiger partial charge in [0.05, 0.1) is 0 Å². The number of unbranched alkanes of at least 4 members (excludes halogenated alkanes) is 2. The molecule has 0 spiro atoms. The molecule has 0 aliphatic carbocycles. The maximum absolute atomic E-state index is 3.66. The smallest absolute Gasteiger partial charge is 0.374 e. The molecule has 14 heavy (non-hydrogen) atoms. The summed E-state index contributed by atoms with van der Waals surface area (Å²) in [6.07, 6.45) is 3.23. The minimum Gasteiger partial charge on any atom is -0.374 e. The number of hydrogen-bond donors (Lipinski definition) is 0. The quantitative estimate of drug-likeness (QED) is 0.627. The summed E-state index contributed by atoms with van der Waals surface area (Å²) in [6, 6.07) is 10.6. The van der Waals surface area contributed by atoms with Gasteiger partial charge in [-0.25, -0.2) is 0 Å². The van der Waals surface area contributed by atoms with E-state index in [1.165, 1.54) is 6.42 Å². The normalized spacial score (nSPS) is 7.29. The summed E-state index contributed by atoms with van der Waals surface area (Å²) in [5, 5.41) is 0. The van der Waals surface area contributed by atoms with Crippen LogP contribution in [0.25, 0.3) is 0 Å². The second kappa shape index (κ2) is 16.3. The third-order valence-corrected chi connectivity index (χ3v) is 1.27. The summed E-state index contributed by atoms with van der Waals surface area (Å²) < 4.78 is 0. The molecule has 0 aliphatic rings. The van der Waals surface area contributed by atoms with Crippen molar-refractivity contribution in [1.29, 1.82) is 0 Å². The van der Waals surface area contributed by atoms with Gasteiger partial charge in [-0.05, 0) is 0 Å². The predicted molar refractivity (Wildman–Crippen MR) is 54.3 cm³/mol. The van der Waals surface area contributed by atoms with Crippen LogP contribution in [0.4, 0.5) is 0 Å². The fourth-order valence-corrected chi connectivity index (χ4v) is 0.607. The van der Waals surface area contributed by atoms with Crippen molar-refractivity contribution >= 4 is 0 Å². The minimum atomic E-state index is 0. The SMILES string of the molecule is [CH2-]CCC[CH2-].[CH2-]c1[c-]cccc1.[W+2].[Y]. The monoisotopic (exact) mass is 433 g/mol. The van der Waals surface area contributed by atoms with E-state index in [9.17, 15) is 0 Å². The summed E-state index contributed by atoms with van der Waals surface area (Å²) in [5.41, 5.74) is 0.947. The average Bonchev–Trinajstić information content (AvgIpc) is 2.08. The first-order valence-electron chi connectivity index (χ1n) is 4.18. The molecule has 2 heteroatoms. The Kier molecular flexibility index (Phi) is 23.7. The minimum absolute atomic E-state index is 0. The molecule has 0 saturated carbocycles. The summed E-state index contributed by atoms with van der Waals surface area (Å²) in [4.78, 5) is 0. The summed E-state index contributed by atoms with van der Waals surface area (Å²) >= 11 is 0. The predicted octanol–water partition coefficient (Wildman–Crippen LogP) is 3.49. The van der Waals surface area contributed by atoms with E-state index in [4.69, 9.17) is 0 Å². The molecule has 0 aromatic heterocycles. The Hall–Kier alpha value is 0.882. The summed E-state index contributed by atoms with van der Waals surface area (Å²) in [5.74, 6) is 0. The number of benzene rings is 1. The third-order valence-electron chi connectivity index (χ3n) is 1.27. The van der Waals surface area contributed by atoms with Gasteiger partial charge in [-0.1, -0.05) is 0 Å². The first-order chi connectivity index (χ1) is 5.81. The zero-order chi connectivity index (χ0) is 9.23. The van der Waals surface area contributed by atoms with Gasteiger partial charge >= 0.3 is 21.1 Å². The van der Waals surface area contributed by atoms with Crippen molar-refractivity contribution in [3.63, 3.8) is 0 Å². The largest absolute Gasteiger partial charge is 2.00 e. The van der Waals surface area contributed by atoms with Crippen LogP contribution < -0.4 is 0 Å². The molecule has 0 unspecified atom stereocenters. The van der Waals surface area contributed by atoms with Gasteiger partial charge in [-0.15, -0.1) is 12.5 Å². The Morgan fingerprint density at radius 1 is 1.14 bits per heavy atom. The molecule has 1 aromatic carbocycles. The van der Waals surface area contributed by atoms with Crippen molar-refractivity contribution in [2.45, 2.75) is 19.3 Å². The molecule has 0 bridgehead atoms. The van der Waals surface area contributed by atoms with Gasteiger partial charge in [-0.3, -0.25) is 6.07 Å². The van der Waals surface area contributed by atoms with Crippen molar-refractivity contribution in [2.75, 3.05) is 0 Å². The molecule has 1 aromatic rings. The third kappa shape index (κ3) is 15.4. The molecule has 0 heterocycles. The molecule has 1 radical (unpaired) electrons. The molecular formula is C12H16WY-2. The van der Waals surface area contributed by atoms with Gasteiger partial charge in [0.15, 0.2) is 0 Å². The molecule has 0 N–H and O–H groups in total. The van der Waals surface area contributed by atoms with Crippen molar-refractivity contribution in [1.82, 2.24) is 0 Å². The van der Waals surface area contributed by atoms with Crippen LogP contribution in [0.2, 0.25) is 0 Å². The first kappa shape index (κ1) is 20.3.